The van der Waals surface area contributed by atoms with Crippen LogP contribution in [0.3, 0.4) is 0 Å². The Bertz CT molecular complexity index is 728. The van der Waals surface area contributed by atoms with Crippen LogP contribution in [0, 0.1) is 13.8 Å². The first-order valence-electron chi connectivity index (χ1n) is 7.86. The summed E-state index contributed by atoms with van der Waals surface area (Å²) in [5, 5.41) is 11.5. The van der Waals surface area contributed by atoms with Gasteiger partial charge in [0, 0.05) is 17.8 Å². The minimum absolute atomic E-state index is 0.00555. The molecule has 0 aliphatic rings. The van der Waals surface area contributed by atoms with Crippen LogP contribution in [0.2, 0.25) is 10.0 Å². The predicted octanol–water partition coefficient (Wildman–Crippen LogP) is 3.06. The highest BCUT2D eigenvalue weighted by molar-refractivity contribution is 6.42. The smallest absolute Gasteiger partial charge is 0.224 e. The Balaban J connectivity index is 2.14. The van der Waals surface area contributed by atoms with Gasteiger partial charge in [-0.05, 0) is 52.1 Å². The third kappa shape index (κ3) is 4.50. The third-order valence-corrected chi connectivity index (χ3v) is 4.59. The van der Waals surface area contributed by atoms with Crippen LogP contribution in [0.5, 0.6) is 0 Å². The molecule has 5 nitrogen and oxygen atoms in total. The van der Waals surface area contributed by atoms with Gasteiger partial charge in [0.2, 0.25) is 5.91 Å². The molecule has 0 aliphatic carbocycles. The number of amides is 1. The molecule has 130 valence electrons. The van der Waals surface area contributed by atoms with E-state index in [0.717, 1.165) is 35.6 Å². The Morgan fingerprint density at radius 3 is 2.62 bits per heavy atom. The summed E-state index contributed by atoms with van der Waals surface area (Å²) in [5.41, 5.74) is 3.53. The summed E-state index contributed by atoms with van der Waals surface area (Å²) in [5.74, 6) is 0.00555. The van der Waals surface area contributed by atoms with Gasteiger partial charge in [-0.1, -0.05) is 23.2 Å². The molecule has 0 atom stereocenters. The SMILES string of the molecule is CNCCCNC(=O)Cc1c(C)nn(-c2ccc(Cl)c(Cl)c2)c1C. The fourth-order valence-electron chi connectivity index (χ4n) is 2.52. The Morgan fingerprint density at radius 1 is 1.21 bits per heavy atom. The summed E-state index contributed by atoms with van der Waals surface area (Å²) in [6, 6.07) is 5.37. The van der Waals surface area contributed by atoms with E-state index in [-0.39, 0.29) is 5.91 Å². The highest BCUT2D eigenvalue weighted by Gasteiger charge is 2.16. The van der Waals surface area contributed by atoms with E-state index in [2.05, 4.69) is 15.7 Å². The Kier molecular flexibility index (Phi) is 6.66. The summed E-state index contributed by atoms with van der Waals surface area (Å²) in [6.07, 6.45) is 1.22. The van der Waals surface area contributed by atoms with E-state index in [9.17, 15) is 4.79 Å². The molecule has 0 aliphatic heterocycles. The van der Waals surface area contributed by atoms with Gasteiger partial charge in [-0.25, -0.2) is 4.68 Å². The largest absolute Gasteiger partial charge is 0.356 e. The standard InChI is InChI=1S/C17H22Cl2N4O/c1-11-14(10-17(24)21-8-4-7-20-3)12(2)23(22-11)13-5-6-15(18)16(19)9-13/h5-6,9,20H,4,7-8,10H2,1-3H3,(H,21,24). The first-order valence-corrected chi connectivity index (χ1v) is 8.61. The van der Waals surface area contributed by atoms with E-state index >= 15 is 0 Å². The molecule has 0 saturated heterocycles. The fraction of sp³-hybridized carbons (Fsp3) is 0.412. The first kappa shape index (κ1) is 18.8. The summed E-state index contributed by atoms with van der Waals surface area (Å²) in [4.78, 5) is 12.1. The normalized spacial score (nSPS) is 10.9. The number of nitrogens with one attached hydrogen (secondary N) is 2. The van der Waals surface area contributed by atoms with Crippen molar-refractivity contribution in [3.63, 3.8) is 0 Å². The van der Waals surface area contributed by atoms with Crippen LogP contribution >= 0.6 is 23.2 Å². The molecule has 7 heteroatoms. The molecule has 0 unspecified atom stereocenters. The lowest BCUT2D eigenvalue weighted by atomic mass is 10.1. The second-order valence-corrected chi connectivity index (χ2v) is 6.46. The quantitative estimate of drug-likeness (QED) is 0.738. The molecule has 24 heavy (non-hydrogen) atoms. The average molecular weight is 369 g/mol. The van der Waals surface area contributed by atoms with E-state index in [4.69, 9.17) is 23.2 Å². The van der Waals surface area contributed by atoms with Crippen molar-refractivity contribution in [3.05, 3.63) is 45.2 Å². The van der Waals surface area contributed by atoms with Gasteiger partial charge in [0.25, 0.3) is 0 Å². The molecule has 0 bridgehead atoms. The number of carbonyl (C=O) groups is 1. The molecular formula is C17H22Cl2N4O. The molecule has 0 fully saturated rings. The van der Waals surface area contributed by atoms with Crippen molar-refractivity contribution >= 4 is 29.1 Å². The maximum Gasteiger partial charge on any atom is 0.224 e. The number of carbonyl (C=O) groups excluding carboxylic acids is 1. The first-order chi connectivity index (χ1) is 11.4. The lowest BCUT2D eigenvalue weighted by Crippen LogP contribution is -2.28. The molecule has 0 spiro atoms. The molecule has 2 rings (SSSR count). The molecular weight excluding hydrogens is 347 g/mol. The predicted molar refractivity (Wildman–Crippen MR) is 98.3 cm³/mol. The number of nitrogens with zero attached hydrogens (tertiary/aromatic N) is 2. The van der Waals surface area contributed by atoms with Crippen LogP contribution in [-0.4, -0.2) is 35.8 Å². The molecule has 2 aromatic rings. The monoisotopic (exact) mass is 368 g/mol. The molecule has 1 amide bonds. The summed E-state index contributed by atoms with van der Waals surface area (Å²) < 4.78 is 1.79. The lowest BCUT2D eigenvalue weighted by molar-refractivity contribution is -0.120. The average Bonchev–Trinajstić information content (AvgIpc) is 2.82. The van der Waals surface area contributed by atoms with Crippen LogP contribution in [0.15, 0.2) is 18.2 Å². The van der Waals surface area contributed by atoms with Crippen molar-refractivity contribution in [1.29, 1.82) is 0 Å². The van der Waals surface area contributed by atoms with Crippen molar-refractivity contribution in [2.75, 3.05) is 20.1 Å². The highest BCUT2D eigenvalue weighted by atomic mass is 35.5. The summed E-state index contributed by atoms with van der Waals surface area (Å²) >= 11 is 12.1. The molecule has 0 radical (unpaired) electrons. The van der Waals surface area contributed by atoms with Crippen molar-refractivity contribution < 1.29 is 4.79 Å². The number of aromatic nitrogens is 2. The molecule has 2 N–H and O–H groups in total. The number of benzene rings is 1. The van der Waals surface area contributed by atoms with Gasteiger partial charge in [-0.15, -0.1) is 0 Å². The lowest BCUT2D eigenvalue weighted by Gasteiger charge is -2.07. The Labute approximate surface area is 152 Å². The topological polar surface area (TPSA) is 58.9 Å². The number of halogens is 2. The minimum Gasteiger partial charge on any atom is -0.356 e. The van der Waals surface area contributed by atoms with E-state index in [0.29, 0.717) is 23.0 Å². The highest BCUT2D eigenvalue weighted by Crippen LogP contribution is 2.26. The number of hydrogen-bond donors (Lipinski definition) is 2. The zero-order chi connectivity index (χ0) is 17.7. The van der Waals surface area contributed by atoms with Gasteiger partial charge >= 0.3 is 0 Å². The van der Waals surface area contributed by atoms with Crippen LogP contribution in [0.1, 0.15) is 23.4 Å². The summed E-state index contributed by atoms with van der Waals surface area (Å²) in [7, 11) is 1.89. The van der Waals surface area contributed by atoms with Gasteiger partial charge < -0.3 is 10.6 Å². The van der Waals surface area contributed by atoms with Crippen molar-refractivity contribution in [1.82, 2.24) is 20.4 Å². The van der Waals surface area contributed by atoms with Gasteiger partial charge in [0.1, 0.15) is 0 Å². The zero-order valence-corrected chi connectivity index (χ0v) is 15.6. The summed E-state index contributed by atoms with van der Waals surface area (Å²) in [6.45, 7) is 5.41. The maximum atomic E-state index is 12.1. The Hall–Kier alpha value is -1.56. The third-order valence-electron chi connectivity index (χ3n) is 3.85. The van der Waals surface area contributed by atoms with Crippen LogP contribution in [-0.2, 0) is 11.2 Å². The van der Waals surface area contributed by atoms with E-state index < -0.39 is 0 Å². The molecule has 1 aromatic carbocycles. The zero-order valence-electron chi connectivity index (χ0n) is 14.1. The number of aryl methyl sites for hydroxylation is 1. The van der Waals surface area contributed by atoms with Gasteiger partial charge in [-0.2, -0.15) is 5.10 Å². The number of hydrogen-bond acceptors (Lipinski definition) is 3. The van der Waals surface area contributed by atoms with Crippen molar-refractivity contribution in [2.24, 2.45) is 0 Å². The molecule has 0 saturated carbocycles. The van der Waals surface area contributed by atoms with Gasteiger partial charge in [0.05, 0.1) is 27.8 Å². The second-order valence-electron chi connectivity index (χ2n) is 5.64. The van der Waals surface area contributed by atoms with E-state index in [1.807, 2.05) is 27.0 Å². The Morgan fingerprint density at radius 2 is 1.96 bits per heavy atom. The van der Waals surface area contributed by atoms with Crippen LogP contribution < -0.4 is 10.6 Å². The van der Waals surface area contributed by atoms with Crippen LogP contribution in [0.4, 0.5) is 0 Å². The van der Waals surface area contributed by atoms with Crippen molar-refractivity contribution in [3.8, 4) is 5.69 Å². The second kappa shape index (κ2) is 8.51. The minimum atomic E-state index is 0.00555. The van der Waals surface area contributed by atoms with E-state index in [1.54, 1.807) is 16.8 Å². The van der Waals surface area contributed by atoms with Gasteiger partial charge in [-0.3, -0.25) is 4.79 Å². The maximum absolute atomic E-state index is 12.1. The van der Waals surface area contributed by atoms with E-state index in [1.165, 1.54) is 0 Å². The molecule has 1 aromatic heterocycles. The van der Waals surface area contributed by atoms with Gasteiger partial charge in [0.15, 0.2) is 0 Å². The van der Waals surface area contributed by atoms with Crippen molar-refractivity contribution in [2.45, 2.75) is 26.7 Å². The number of rotatable bonds is 7. The fourth-order valence-corrected chi connectivity index (χ4v) is 2.81. The van der Waals surface area contributed by atoms with Crippen LogP contribution in [0.25, 0.3) is 5.69 Å². The molecule has 1 heterocycles.